The molecular weight excluding hydrogens is 204 g/mol. The van der Waals surface area contributed by atoms with Gasteiger partial charge in [-0.15, -0.1) is 0 Å². The topological polar surface area (TPSA) is 0 Å². The van der Waals surface area contributed by atoms with Gasteiger partial charge in [0.25, 0.3) is 0 Å². The van der Waals surface area contributed by atoms with E-state index in [-0.39, 0.29) is 0 Å². The molecule has 0 radical (unpaired) electrons. The molecule has 0 aromatic rings. The standard InChI is InChI=1S/C17H30/c1-5-17-10-6-8-14(2)12-16(4)13-15(3)9-7-11-17/h10,12,15-16H,5-9,11,13H2,1-4H3. The van der Waals surface area contributed by atoms with E-state index in [0.717, 1.165) is 11.8 Å². The van der Waals surface area contributed by atoms with Gasteiger partial charge in [-0.25, -0.2) is 0 Å². The van der Waals surface area contributed by atoms with Crippen molar-refractivity contribution in [1.82, 2.24) is 0 Å². The Morgan fingerprint density at radius 1 is 1.24 bits per heavy atom. The molecule has 0 spiro atoms. The van der Waals surface area contributed by atoms with Gasteiger partial charge in [-0.3, -0.25) is 0 Å². The molecule has 0 aliphatic heterocycles. The maximum Gasteiger partial charge on any atom is -0.0257 e. The fourth-order valence-corrected chi connectivity index (χ4v) is 2.99. The lowest BCUT2D eigenvalue weighted by Crippen LogP contribution is -2.03. The van der Waals surface area contributed by atoms with Crippen LogP contribution in [0.2, 0.25) is 0 Å². The number of allylic oxidation sites excluding steroid dienone is 4. The van der Waals surface area contributed by atoms with E-state index in [2.05, 4.69) is 39.8 Å². The van der Waals surface area contributed by atoms with Crippen molar-refractivity contribution in [3.8, 4) is 0 Å². The van der Waals surface area contributed by atoms with Crippen LogP contribution in [0.5, 0.6) is 0 Å². The van der Waals surface area contributed by atoms with Gasteiger partial charge in [-0.1, -0.05) is 50.5 Å². The summed E-state index contributed by atoms with van der Waals surface area (Å²) < 4.78 is 0. The molecule has 2 unspecified atom stereocenters. The van der Waals surface area contributed by atoms with Crippen LogP contribution < -0.4 is 0 Å². The van der Waals surface area contributed by atoms with Gasteiger partial charge in [0.05, 0.1) is 0 Å². The van der Waals surface area contributed by atoms with E-state index < -0.39 is 0 Å². The second kappa shape index (κ2) is 7.74. The molecule has 0 nitrogen and oxygen atoms in total. The average Bonchev–Trinajstić information content (AvgIpc) is 2.25. The van der Waals surface area contributed by atoms with Crippen LogP contribution in [-0.4, -0.2) is 0 Å². The van der Waals surface area contributed by atoms with Gasteiger partial charge in [0, 0.05) is 0 Å². The molecule has 17 heavy (non-hydrogen) atoms. The van der Waals surface area contributed by atoms with Crippen LogP contribution >= 0.6 is 0 Å². The van der Waals surface area contributed by atoms with Gasteiger partial charge in [0.1, 0.15) is 0 Å². The molecular formula is C17H30. The molecule has 0 heterocycles. The fourth-order valence-electron chi connectivity index (χ4n) is 2.99. The van der Waals surface area contributed by atoms with Crippen molar-refractivity contribution in [2.24, 2.45) is 11.8 Å². The summed E-state index contributed by atoms with van der Waals surface area (Å²) in [6.07, 6.45) is 14.2. The average molecular weight is 234 g/mol. The molecule has 0 heteroatoms. The molecule has 0 saturated carbocycles. The molecule has 98 valence electrons. The van der Waals surface area contributed by atoms with Gasteiger partial charge in [0.2, 0.25) is 0 Å². The van der Waals surface area contributed by atoms with Gasteiger partial charge in [0.15, 0.2) is 0 Å². The maximum absolute atomic E-state index is 2.50. The molecule has 0 aromatic heterocycles. The summed E-state index contributed by atoms with van der Waals surface area (Å²) >= 11 is 0. The highest BCUT2D eigenvalue weighted by Gasteiger charge is 2.08. The van der Waals surface area contributed by atoms with Crippen LogP contribution in [0.15, 0.2) is 23.3 Å². The lowest BCUT2D eigenvalue weighted by Gasteiger charge is -2.17. The third-order valence-electron chi connectivity index (χ3n) is 3.96. The summed E-state index contributed by atoms with van der Waals surface area (Å²) in [4.78, 5) is 0. The predicted octanol–water partition coefficient (Wildman–Crippen LogP) is 5.90. The molecule has 0 bridgehead atoms. The van der Waals surface area contributed by atoms with E-state index in [1.54, 1.807) is 11.1 Å². The van der Waals surface area contributed by atoms with E-state index in [0.29, 0.717) is 0 Å². The molecule has 1 rings (SSSR count). The Hall–Kier alpha value is -0.520. The van der Waals surface area contributed by atoms with Crippen molar-refractivity contribution < 1.29 is 0 Å². The fraction of sp³-hybridized carbons (Fsp3) is 0.765. The van der Waals surface area contributed by atoms with Crippen LogP contribution in [0, 0.1) is 11.8 Å². The highest BCUT2D eigenvalue weighted by Crippen LogP contribution is 2.24. The highest BCUT2D eigenvalue weighted by atomic mass is 14.1. The molecule has 0 N–H and O–H groups in total. The summed E-state index contributed by atoms with van der Waals surface area (Å²) in [5.74, 6) is 1.64. The monoisotopic (exact) mass is 234 g/mol. The Morgan fingerprint density at radius 2 is 2.00 bits per heavy atom. The third kappa shape index (κ3) is 6.10. The van der Waals surface area contributed by atoms with E-state index in [4.69, 9.17) is 0 Å². The summed E-state index contributed by atoms with van der Waals surface area (Å²) in [5, 5.41) is 0. The second-order valence-corrected chi connectivity index (χ2v) is 5.98. The first-order chi connectivity index (χ1) is 8.11. The molecule has 1 aliphatic carbocycles. The summed E-state index contributed by atoms with van der Waals surface area (Å²) in [5.41, 5.74) is 3.26. The van der Waals surface area contributed by atoms with Crippen LogP contribution in [0.3, 0.4) is 0 Å². The van der Waals surface area contributed by atoms with Gasteiger partial charge in [-0.2, -0.15) is 0 Å². The minimum Gasteiger partial charge on any atom is -0.0850 e. The van der Waals surface area contributed by atoms with Crippen molar-refractivity contribution in [3.05, 3.63) is 23.3 Å². The largest absolute Gasteiger partial charge is 0.0850 e. The summed E-state index contributed by atoms with van der Waals surface area (Å²) in [6.45, 7) is 9.39. The van der Waals surface area contributed by atoms with Crippen molar-refractivity contribution in [2.75, 3.05) is 0 Å². The normalized spacial score (nSPS) is 28.7. The zero-order valence-electron chi connectivity index (χ0n) is 12.3. The molecule has 0 aromatic carbocycles. The second-order valence-electron chi connectivity index (χ2n) is 5.98. The number of hydrogen-bond donors (Lipinski definition) is 0. The Morgan fingerprint density at radius 3 is 2.71 bits per heavy atom. The van der Waals surface area contributed by atoms with Crippen molar-refractivity contribution in [1.29, 1.82) is 0 Å². The van der Waals surface area contributed by atoms with Crippen LogP contribution in [0.25, 0.3) is 0 Å². The molecule has 0 fully saturated rings. The zero-order valence-corrected chi connectivity index (χ0v) is 12.3. The smallest absolute Gasteiger partial charge is 0.0257 e. The first kappa shape index (κ1) is 14.5. The Labute approximate surface area is 108 Å². The lowest BCUT2D eigenvalue weighted by molar-refractivity contribution is 0.424. The van der Waals surface area contributed by atoms with Crippen LogP contribution in [0.4, 0.5) is 0 Å². The molecule has 2 atom stereocenters. The SMILES string of the molecule is CCC1=CCCC(C)=CC(C)CC(C)CCC1. The molecule has 1 aliphatic rings. The van der Waals surface area contributed by atoms with Crippen molar-refractivity contribution >= 4 is 0 Å². The van der Waals surface area contributed by atoms with E-state index >= 15 is 0 Å². The van der Waals surface area contributed by atoms with Crippen molar-refractivity contribution in [3.63, 3.8) is 0 Å². The zero-order chi connectivity index (χ0) is 12.7. The minimum atomic E-state index is 0.763. The van der Waals surface area contributed by atoms with Crippen molar-refractivity contribution in [2.45, 2.75) is 72.6 Å². The Kier molecular flexibility index (Phi) is 6.62. The molecule has 0 saturated heterocycles. The minimum absolute atomic E-state index is 0.763. The Balaban J connectivity index is 2.65. The van der Waals surface area contributed by atoms with E-state index in [1.807, 2.05) is 0 Å². The number of rotatable bonds is 1. The number of hydrogen-bond acceptors (Lipinski definition) is 0. The Bertz CT molecular complexity index is 270. The van der Waals surface area contributed by atoms with Gasteiger partial charge in [-0.05, 0) is 57.3 Å². The first-order valence-electron chi connectivity index (χ1n) is 7.47. The quantitative estimate of drug-likeness (QED) is 0.496. The highest BCUT2D eigenvalue weighted by molar-refractivity contribution is 5.06. The predicted molar refractivity (Wildman–Crippen MR) is 78.2 cm³/mol. The molecule has 0 amide bonds. The van der Waals surface area contributed by atoms with Gasteiger partial charge >= 0.3 is 0 Å². The lowest BCUT2D eigenvalue weighted by atomic mass is 9.89. The van der Waals surface area contributed by atoms with E-state index in [9.17, 15) is 0 Å². The van der Waals surface area contributed by atoms with Crippen LogP contribution in [0.1, 0.15) is 72.6 Å². The van der Waals surface area contributed by atoms with Crippen LogP contribution in [-0.2, 0) is 0 Å². The summed E-state index contributed by atoms with van der Waals surface area (Å²) in [6, 6.07) is 0. The maximum atomic E-state index is 2.50. The summed E-state index contributed by atoms with van der Waals surface area (Å²) in [7, 11) is 0. The van der Waals surface area contributed by atoms with Gasteiger partial charge < -0.3 is 0 Å². The van der Waals surface area contributed by atoms with E-state index in [1.165, 1.54) is 44.9 Å². The first-order valence-corrected chi connectivity index (χ1v) is 7.47. The third-order valence-corrected chi connectivity index (χ3v) is 3.96.